The Morgan fingerprint density at radius 3 is 2.39 bits per heavy atom. The first-order valence-corrected chi connectivity index (χ1v) is 7.96. The summed E-state index contributed by atoms with van der Waals surface area (Å²) in [5.41, 5.74) is 1.53. The molecule has 1 amide bonds. The lowest BCUT2D eigenvalue weighted by atomic mass is 9.96. The second-order valence-electron chi connectivity index (χ2n) is 6.06. The van der Waals surface area contributed by atoms with Gasteiger partial charge in [-0.25, -0.2) is 0 Å². The van der Waals surface area contributed by atoms with E-state index >= 15 is 0 Å². The molecule has 6 heteroatoms. The average molecular weight is 320 g/mol. The number of nitrogens with one attached hydrogen (secondary N) is 1. The second kappa shape index (κ2) is 8.08. The largest absolute Gasteiger partial charge is 0.481 e. The molecule has 1 fully saturated rings. The SMILES string of the molecule is CC(=O)Nc1ccc(C(O)CCN2CCC(C(=O)O)CC2)cc1. The summed E-state index contributed by atoms with van der Waals surface area (Å²) in [5.74, 6) is -1.05. The van der Waals surface area contributed by atoms with Gasteiger partial charge in [-0.15, -0.1) is 0 Å². The zero-order valence-corrected chi connectivity index (χ0v) is 13.4. The number of aliphatic hydroxyl groups is 1. The number of likely N-dealkylation sites (tertiary alicyclic amines) is 1. The molecule has 1 aliphatic heterocycles. The lowest BCUT2D eigenvalue weighted by Crippen LogP contribution is -2.37. The van der Waals surface area contributed by atoms with Crippen molar-refractivity contribution in [1.29, 1.82) is 0 Å². The van der Waals surface area contributed by atoms with Gasteiger partial charge in [0.05, 0.1) is 12.0 Å². The van der Waals surface area contributed by atoms with E-state index in [0.717, 1.165) is 25.2 Å². The number of carboxylic acid groups (broad SMARTS) is 1. The van der Waals surface area contributed by atoms with Gasteiger partial charge in [0.25, 0.3) is 0 Å². The highest BCUT2D eigenvalue weighted by Gasteiger charge is 2.24. The number of anilines is 1. The van der Waals surface area contributed by atoms with Gasteiger partial charge >= 0.3 is 5.97 Å². The molecule has 3 N–H and O–H groups in total. The van der Waals surface area contributed by atoms with Crippen molar-refractivity contribution >= 4 is 17.6 Å². The summed E-state index contributed by atoms with van der Waals surface area (Å²) >= 11 is 0. The van der Waals surface area contributed by atoms with Crippen LogP contribution in [-0.2, 0) is 9.59 Å². The summed E-state index contributed by atoms with van der Waals surface area (Å²) in [7, 11) is 0. The van der Waals surface area contributed by atoms with Crippen LogP contribution in [0.5, 0.6) is 0 Å². The van der Waals surface area contributed by atoms with Crippen molar-refractivity contribution in [3.8, 4) is 0 Å². The molecule has 0 bridgehead atoms. The quantitative estimate of drug-likeness (QED) is 0.744. The van der Waals surface area contributed by atoms with E-state index in [2.05, 4.69) is 10.2 Å². The Labute approximate surface area is 136 Å². The van der Waals surface area contributed by atoms with Crippen LogP contribution < -0.4 is 5.32 Å². The van der Waals surface area contributed by atoms with Gasteiger partial charge in [0.2, 0.25) is 5.91 Å². The molecule has 1 atom stereocenters. The lowest BCUT2D eigenvalue weighted by Gasteiger charge is -2.30. The zero-order chi connectivity index (χ0) is 16.8. The summed E-state index contributed by atoms with van der Waals surface area (Å²) in [5, 5.41) is 21.9. The third kappa shape index (κ3) is 5.33. The normalized spacial score (nSPS) is 17.7. The lowest BCUT2D eigenvalue weighted by molar-refractivity contribution is -0.143. The highest BCUT2D eigenvalue weighted by atomic mass is 16.4. The number of nitrogens with zero attached hydrogens (tertiary/aromatic N) is 1. The van der Waals surface area contributed by atoms with Gasteiger partial charge in [-0.2, -0.15) is 0 Å². The van der Waals surface area contributed by atoms with E-state index in [-0.39, 0.29) is 11.8 Å². The van der Waals surface area contributed by atoms with Crippen molar-refractivity contribution in [2.75, 3.05) is 25.0 Å². The number of carboxylic acids is 1. The van der Waals surface area contributed by atoms with Gasteiger partial charge in [0.1, 0.15) is 0 Å². The minimum absolute atomic E-state index is 0.122. The zero-order valence-electron chi connectivity index (χ0n) is 13.4. The van der Waals surface area contributed by atoms with Crippen LogP contribution in [0.3, 0.4) is 0 Å². The van der Waals surface area contributed by atoms with Crippen molar-refractivity contribution in [3.05, 3.63) is 29.8 Å². The van der Waals surface area contributed by atoms with E-state index in [1.807, 2.05) is 12.1 Å². The van der Waals surface area contributed by atoms with Gasteiger partial charge in [-0.3, -0.25) is 9.59 Å². The number of carbonyl (C=O) groups excluding carboxylic acids is 1. The van der Waals surface area contributed by atoms with Crippen molar-refractivity contribution in [2.24, 2.45) is 5.92 Å². The predicted molar refractivity (Wildman–Crippen MR) is 87.1 cm³/mol. The highest BCUT2D eigenvalue weighted by Crippen LogP contribution is 2.22. The van der Waals surface area contributed by atoms with Crippen molar-refractivity contribution in [2.45, 2.75) is 32.3 Å². The summed E-state index contributed by atoms with van der Waals surface area (Å²) in [4.78, 5) is 24.1. The Morgan fingerprint density at radius 2 is 1.87 bits per heavy atom. The van der Waals surface area contributed by atoms with Crippen LogP contribution in [0.25, 0.3) is 0 Å². The molecule has 1 aromatic rings. The molecule has 1 unspecified atom stereocenters. The maximum absolute atomic E-state index is 11.0. The molecular weight excluding hydrogens is 296 g/mol. The number of carbonyl (C=O) groups is 2. The van der Waals surface area contributed by atoms with E-state index in [1.165, 1.54) is 6.92 Å². The molecule has 0 aromatic heterocycles. The number of aliphatic hydroxyl groups excluding tert-OH is 1. The Hall–Kier alpha value is -1.92. The monoisotopic (exact) mass is 320 g/mol. The fourth-order valence-electron chi connectivity index (χ4n) is 2.87. The van der Waals surface area contributed by atoms with E-state index < -0.39 is 12.1 Å². The predicted octanol–water partition coefficient (Wildman–Crippen LogP) is 1.87. The minimum atomic E-state index is -0.705. The van der Waals surface area contributed by atoms with E-state index in [1.54, 1.807) is 12.1 Å². The summed E-state index contributed by atoms with van der Waals surface area (Å²) < 4.78 is 0. The Balaban J connectivity index is 1.77. The molecular formula is C17H24N2O4. The number of rotatable bonds is 6. The maximum atomic E-state index is 11.0. The van der Waals surface area contributed by atoms with Gasteiger partial charge in [-0.1, -0.05) is 12.1 Å². The van der Waals surface area contributed by atoms with Crippen LogP contribution in [0.1, 0.15) is 37.9 Å². The first-order chi connectivity index (χ1) is 11.0. The molecule has 1 heterocycles. The molecule has 1 aliphatic rings. The Bertz CT molecular complexity index is 536. The number of hydrogen-bond acceptors (Lipinski definition) is 4. The molecule has 0 saturated carbocycles. The minimum Gasteiger partial charge on any atom is -0.481 e. The van der Waals surface area contributed by atoms with E-state index in [4.69, 9.17) is 5.11 Å². The fraction of sp³-hybridized carbons (Fsp3) is 0.529. The fourth-order valence-corrected chi connectivity index (χ4v) is 2.87. The van der Waals surface area contributed by atoms with Crippen LogP contribution in [-0.4, -0.2) is 46.6 Å². The van der Waals surface area contributed by atoms with E-state index in [0.29, 0.717) is 24.9 Å². The molecule has 0 aliphatic carbocycles. The van der Waals surface area contributed by atoms with Crippen LogP contribution >= 0.6 is 0 Å². The summed E-state index contributed by atoms with van der Waals surface area (Å²) in [6.45, 7) is 3.74. The van der Waals surface area contributed by atoms with Crippen LogP contribution in [0, 0.1) is 5.92 Å². The molecule has 6 nitrogen and oxygen atoms in total. The highest BCUT2D eigenvalue weighted by molar-refractivity contribution is 5.88. The van der Waals surface area contributed by atoms with Crippen LogP contribution in [0.4, 0.5) is 5.69 Å². The Morgan fingerprint density at radius 1 is 1.26 bits per heavy atom. The Kier molecular flexibility index (Phi) is 6.12. The van der Waals surface area contributed by atoms with Gasteiger partial charge in [0.15, 0.2) is 0 Å². The van der Waals surface area contributed by atoms with Crippen molar-refractivity contribution in [1.82, 2.24) is 4.90 Å². The molecule has 1 aromatic carbocycles. The van der Waals surface area contributed by atoms with E-state index in [9.17, 15) is 14.7 Å². The van der Waals surface area contributed by atoms with Gasteiger partial charge < -0.3 is 20.4 Å². The molecule has 0 spiro atoms. The van der Waals surface area contributed by atoms with Crippen LogP contribution in [0.15, 0.2) is 24.3 Å². The summed E-state index contributed by atoms with van der Waals surface area (Å²) in [6.07, 6.45) is 1.41. The number of amides is 1. The third-order valence-corrected chi connectivity index (χ3v) is 4.27. The number of piperidine rings is 1. The first-order valence-electron chi connectivity index (χ1n) is 7.96. The number of aliphatic carboxylic acids is 1. The second-order valence-corrected chi connectivity index (χ2v) is 6.06. The summed E-state index contributed by atoms with van der Waals surface area (Å²) in [6, 6.07) is 7.18. The maximum Gasteiger partial charge on any atom is 0.306 e. The standard InChI is InChI=1S/C17H24N2O4/c1-12(20)18-15-4-2-13(3-5-15)16(21)8-11-19-9-6-14(7-10-19)17(22)23/h2-5,14,16,21H,6-11H2,1H3,(H,18,20)(H,22,23). The van der Waals surface area contributed by atoms with Crippen molar-refractivity contribution in [3.63, 3.8) is 0 Å². The third-order valence-electron chi connectivity index (χ3n) is 4.27. The molecule has 23 heavy (non-hydrogen) atoms. The average Bonchev–Trinajstić information content (AvgIpc) is 2.53. The number of benzene rings is 1. The van der Waals surface area contributed by atoms with Crippen molar-refractivity contribution < 1.29 is 19.8 Å². The van der Waals surface area contributed by atoms with Gasteiger partial charge in [0, 0.05) is 19.2 Å². The number of hydrogen-bond donors (Lipinski definition) is 3. The molecule has 2 rings (SSSR count). The van der Waals surface area contributed by atoms with Crippen LogP contribution in [0.2, 0.25) is 0 Å². The molecule has 1 saturated heterocycles. The first kappa shape index (κ1) is 17.4. The molecule has 126 valence electrons. The smallest absolute Gasteiger partial charge is 0.306 e. The van der Waals surface area contributed by atoms with Gasteiger partial charge in [-0.05, 0) is 50.0 Å². The topological polar surface area (TPSA) is 89.9 Å². The molecule has 0 radical (unpaired) electrons.